The predicted molar refractivity (Wildman–Crippen MR) is 78.8 cm³/mol. The van der Waals surface area contributed by atoms with E-state index in [4.69, 9.17) is 0 Å². The van der Waals surface area contributed by atoms with E-state index >= 15 is 0 Å². The summed E-state index contributed by atoms with van der Waals surface area (Å²) in [6.07, 6.45) is -0.222. The molecule has 0 amide bonds. The molecule has 2 heterocycles. The lowest BCUT2D eigenvalue weighted by molar-refractivity contribution is -0.223. The number of likely N-dealkylation sites (tertiary alicyclic amines) is 1. The third-order valence-corrected chi connectivity index (χ3v) is 5.96. The minimum atomic E-state index is -4.50. The van der Waals surface area contributed by atoms with Crippen molar-refractivity contribution in [2.75, 3.05) is 13.1 Å². The Bertz CT molecular complexity index is 493. The lowest BCUT2D eigenvalue weighted by Crippen LogP contribution is -2.43. The Kier molecular flexibility index (Phi) is 4.75. The second kappa shape index (κ2) is 6.45. The highest BCUT2D eigenvalue weighted by atomic mass is 32.1. The predicted octanol–water partition coefficient (Wildman–Crippen LogP) is 3.55. The number of aliphatic hydroxyl groups excluding tert-OH is 1. The molecule has 2 aliphatic rings. The molecule has 3 rings (SSSR count). The molecule has 1 aromatic heterocycles. The molecule has 1 aromatic rings. The SMILES string of the molecule is OC(C1CCN(Cc2cnc(C3CCC3)s2)CC1)C(F)(F)F. The summed E-state index contributed by atoms with van der Waals surface area (Å²) in [6.45, 7) is 1.97. The molecule has 1 N–H and O–H groups in total. The summed E-state index contributed by atoms with van der Waals surface area (Å²) in [5.41, 5.74) is 0. The van der Waals surface area contributed by atoms with E-state index < -0.39 is 18.2 Å². The largest absolute Gasteiger partial charge is 0.414 e. The summed E-state index contributed by atoms with van der Waals surface area (Å²) >= 11 is 1.74. The van der Waals surface area contributed by atoms with Gasteiger partial charge in [-0.2, -0.15) is 13.2 Å². The minimum absolute atomic E-state index is 0.398. The lowest BCUT2D eigenvalue weighted by Gasteiger charge is -2.34. The van der Waals surface area contributed by atoms with Gasteiger partial charge in [0, 0.05) is 23.5 Å². The quantitative estimate of drug-likeness (QED) is 0.915. The van der Waals surface area contributed by atoms with Gasteiger partial charge in [0.05, 0.1) is 5.01 Å². The monoisotopic (exact) mass is 334 g/mol. The topological polar surface area (TPSA) is 36.4 Å². The molecule has 0 radical (unpaired) electrons. The maximum atomic E-state index is 12.5. The van der Waals surface area contributed by atoms with Crippen LogP contribution in [0.15, 0.2) is 6.20 Å². The van der Waals surface area contributed by atoms with Crippen molar-refractivity contribution in [2.45, 2.75) is 56.8 Å². The van der Waals surface area contributed by atoms with Crippen molar-refractivity contribution in [3.63, 3.8) is 0 Å². The summed E-state index contributed by atoms with van der Waals surface area (Å²) in [7, 11) is 0. The van der Waals surface area contributed by atoms with Gasteiger partial charge in [0.1, 0.15) is 0 Å². The molecule has 1 saturated carbocycles. The number of piperidine rings is 1. The van der Waals surface area contributed by atoms with E-state index in [2.05, 4.69) is 9.88 Å². The maximum Gasteiger partial charge on any atom is 0.414 e. The van der Waals surface area contributed by atoms with Crippen LogP contribution in [-0.4, -0.2) is 40.4 Å². The number of aliphatic hydroxyl groups is 1. The third kappa shape index (κ3) is 3.63. The number of thiazole rings is 1. The van der Waals surface area contributed by atoms with Gasteiger partial charge in [0.15, 0.2) is 6.10 Å². The van der Waals surface area contributed by atoms with Crippen LogP contribution in [0, 0.1) is 5.92 Å². The van der Waals surface area contributed by atoms with Crippen LogP contribution in [0.3, 0.4) is 0 Å². The summed E-state index contributed by atoms with van der Waals surface area (Å²) in [5.74, 6) is -0.0327. The van der Waals surface area contributed by atoms with Crippen molar-refractivity contribution in [3.05, 3.63) is 16.1 Å². The Morgan fingerprint density at radius 2 is 1.95 bits per heavy atom. The zero-order valence-electron chi connectivity index (χ0n) is 12.4. The molecule has 1 atom stereocenters. The number of hydrogen-bond donors (Lipinski definition) is 1. The third-order valence-electron chi connectivity index (χ3n) is 4.82. The first-order valence-corrected chi connectivity index (χ1v) is 8.67. The van der Waals surface area contributed by atoms with Gasteiger partial charge in [0.25, 0.3) is 0 Å². The highest BCUT2D eigenvalue weighted by molar-refractivity contribution is 7.11. The van der Waals surface area contributed by atoms with Gasteiger partial charge in [-0.15, -0.1) is 11.3 Å². The standard InChI is InChI=1S/C15H21F3N2OS/c16-15(17,18)13(21)10-4-6-20(7-5-10)9-12-8-19-14(22-12)11-2-1-3-11/h8,10-11,13,21H,1-7,9H2. The summed E-state index contributed by atoms with van der Waals surface area (Å²) < 4.78 is 37.6. The normalized spacial score (nSPS) is 23.5. The Morgan fingerprint density at radius 1 is 1.27 bits per heavy atom. The van der Waals surface area contributed by atoms with Gasteiger partial charge >= 0.3 is 6.18 Å². The van der Waals surface area contributed by atoms with E-state index in [0.29, 0.717) is 31.8 Å². The number of aromatic nitrogens is 1. The zero-order valence-corrected chi connectivity index (χ0v) is 13.2. The van der Waals surface area contributed by atoms with Gasteiger partial charge in [-0.05, 0) is 44.7 Å². The fourth-order valence-corrected chi connectivity index (χ4v) is 4.28. The van der Waals surface area contributed by atoms with Crippen molar-refractivity contribution in [1.29, 1.82) is 0 Å². The first kappa shape index (κ1) is 16.2. The Morgan fingerprint density at radius 3 is 2.50 bits per heavy atom. The molecular weight excluding hydrogens is 313 g/mol. The highest BCUT2D eigenvalue weighted by Crippen LogP contribution is 2.38. The highest BCUT2D eigenvalue weighted by Gasteiger charge is 2.44. The second-order valence-electron chi connectivity index (χ2n) is 6.39. The van der Waals surface area contributed by atoms with Crippen LogP contribution in [0.2, 0.25) is 0 Å². The van der Waals surface area contributed by atoms with E-state index in [1.165, 1.54) is 29.1 Å². The van der Waals surface area contributed by atoms with Crippen molar-refractivity contribution < 1.29 is 18.3 Å². The fourth-order valence-electron chi connectivity index (χ4n) is 3.15. The van der Waals surface area contributed by atoms with E-state index in [1.54, 1.807) is 11.3 Å². The van der Waals surface area contributed by atoms with Crippen molar-refractivity contribution in [3.8, 4) is 0 Å². The summed E-state index contributed by atoms with van der Waals surface area (Å²) in [6, 6.07) is 0. The van der Waals surface area contributed by atoms with Gasteiger partial charge in [0.2, 0.25) is 0 Å². The number of halogens is 3. The first-order valence-electron chi connectivity index (χ1n) is 7.85. The molecule has 22 heavy (non-hydrogen) atoms. The van der Waals surface area contributed by atoms with Crippen LogP contribution >= 0.6 is 11.3 Å². The van der Waals surface area contributed by atoms with Crippen LogP contribution in [0.1, 0.15) is 47.9 Å². The van der Waals surface area contributed by atoms with E-state index in [1.807, 2.05) is 6.20 Å². The first-order chi connectivity index (χ1) is 10.4. The Labute approximate surface area is 132 Å². The molecule has 0 bridgehead atoms. The average molecular weight is 334 g/mol. The average Bonchev–Trinajstić information content (AvgIpc) is 2.84. The molecule has 1 unspecified atom stereocenters. The van der Waals surface area contributed by atoms with Crippen LogP contribution in [0.5, 0.6) is 0 Å². The second-order valence-corrected chi connectivity index (χ2v) is 7.54. The van der Waals surface area contributed by atoms with Gasteiger partial charge in [-0.1, -0.05) is 6.42 Å². The number of hydrogen-bond acceptors (Lipinski definition) is 4. The molecule has 1 aliphatic heterocycles. The maximum absolute atomic E-state index is 12.5. The lowest BCUT2D eigenvalue weighted by atomic mass is 9.86. The summed E-state index contributed by atoms with van der Waals surface area (Å²) in [5, 5.41) is 10.5. The van der Waals surface area contributed by atoms with E-state index in [9.17, 15) is 18.3 Å². The molecule has 0 aromatic carbocycles. The molecule has 1 aliphatic carbocycles. The van der Waals surface area contributed by atoms with Gasteiger partial charge in [-0.3, -0.25) is 4.90 Å². The molecule has 7 heteroatoms. The van der Waals surface area contributed by atoms with E-state index in [-0.39, 0.29) is 0 Å². The Balaban J connectivity index is 1.48. The fraction of sp³-hybridized carbons (Fsp3) is 0.800. The smallest absolute Gasteiger partial charge is 0.383 e. The molecular formula is C15H21F3N2OS. The molecule has 124 valence electrons. The number of rotatable bonds is 4. The summed E-state index contributed by atoms with van der Waals surface area (Å²) in [4.78, 5) is 7.84. The molecule has 3 nitrogen and oxygen atoms in total. The van der Waals surface area contributed by atoms with Crippen LogP contribution < -0.4 is 0 Å². The van der Waals surface area contributed by atoms with Crippen LogP contribution in [-0.2, 0) is 6.54 Å². The zero-order chi connectivity index (χ0) is 15.7. The van der Waals surface area contributed by atoms with Crippen molar-refractivity contribution in [1.82, 2.24) is 9.88 Å². The number of alkyl halides is 3. The molecule has 1 saturated heterocycles. The van der Waals surface area contributed by atoms with Crippen molar-refractivity contribution >= 4 is 11.3 Å². The Hall–Kier alpha value is -0.660. The van der Waals surface area contributed by atoms with Crippen LogP contribution in [0.4, 0.5) is 13.2 Å². The van der Waals surface area contributed by atoms with Crippen molar-refractivity contribution in [2.24, 2.45) is 5.92 Å². The minimum Gasteiger partial charge on any atom is -0.383 e. The molecule has 0 spiro atoms. The number of nitrogens with zero attached hydrogens (tertiary/aromatic N) is 2. The van der Waals surface area contributed by atoms with Gasteiger partial charge < -0.3 is 5.11 Å². The van der Waals surface area contributed by atoms with E-state index in [0.717, 1.165) is 6.54 Å². The van der Waals surface area contributed by atoms with Crippen LogP contribution in [0.25, 0.3) is 0 Å². The molecule has 2 fully saturated rings. The van der Waals surface area contributed by atoms with Gasteiger partial charge in [-0.25, -0.2) is 4.98 Å².